The summed E-state index contributed by atoms with van der Waals surface area (Å²) >= 11 is 6.79. The predicted molar refractivity (Wildman–Crippen MR) is 34.2 cm³/mol. The monoisotopic (exact) mass is 260 g/mol. The van der Waals surface area contributed by atoms with E-state index >= 15 is 0 Å². The average molecular weight is 261 g/mol. The summed E-state index contributed by atoms with van der Waals surface area (Å²) in [6.07, 6.45) is -5.63. The third kappa shape index (κ3) is 2.18. The van der Waals surface area contributed by atoms with E-state index in [1.165, 1.54) is 0 Å². The first-order valence-electron chi connectivity index (χ1n) is 2.32. The van der Waals surface area contributed by atoms with Crippen molar-refractivity contribution >= 4 is 27.5 Å². The van der Waals surface area contributed by atoms with Crippen LogP contribution in [-0.2, 0) is 0 Å². The molecule has 0 aromatic heterocycles. The second kappa shape index (κ2) is 2.73. The minimum atomic E-state index is -5.63. The molecule has 0 bridgehead atoms. The number of hydrogen-bond donors (Lipinski definition) is 0. The summed E-state index contributed by atoms with van der Waals surface area (Å²) < 4.78 is 55.9. The van der Waals surface area contributed by atoms with Crippen LogP contribution in [0.5, 0.6) is 0 Å². The van der Waals surface area contributed by atoms with Gasteiger partial charge in [0.25, 0.3) is 0 Å². The van der Waals surface area contributed by atoms with Crippen molar-refractivity contribution in [2.24, 2.45) is 0 Å². The van der Waals surface area contributed by atoms with Gasteiger partial charge >= 0.3 is 12.1 Å². The summed E-state index contributed by atoms with van der Waals surface area (Å²) in [7, 11) is 0. The lowest BCUT2D eigenvalue weighted by atomic mass is 10.2. The molecule has 7 heteroatoms. The zero-order valence-electron chi connectivity index (χ0n) is 5.15. The molecule has 0 radical (unpaired) electrons. The Labute approximate surface area is 72.8 Å². The number of rotatable bonds is 1. The molecule has 0 aliphatic rings. The zero-order chi connectivity index (χ0) is 9.50. The molecule has 0 aromatic carbocycles. The Morgan fingerprint density at radius 2 is 1.36 bits per heavy atom. The molecule has 0 aromatic rings. The van der Waals surface area contributed by atoms with E-state index in [1.54, 1.807) is 0 Å². The molecule has 1 unspecified atom stereocenters. The van der Waals surface area contributed by atoms with E-state index in [0.29, 0.717) is 6.92 Å². The van der Waals surface area contributed by atoms with Crippen molar-refractivity contribution in [1.29, 1.82) is 0 Å². The molecule has 0 nitrogen and oxygen atoms in total. The summed E-state index contributed by atoms with van der Waals surface area (Å²) in [5.41, 5.74) is 0. The van der Waals surface area contributed by atoms with Gasteiger partial charge in [-0.2, -0.15) is 22.0 Å². The van der Waals surface area contributed by atoms with E-state index in [4.69, 9.17) is 11.6 Å². The van der Waals surface area contributed by atoms with Crippen LogP contribution in [0.1, 0.15) is 6.92 Å². The first-order chi connectivity index (χ1) is 4.50. The lowest BCUT2D eigenvalue weighted by Gasteiger charge is -2.27. The molecule has 0 spiro atoms. The molecule has 68 valence electrons. The van der Waals surface area contributed by atoms with Crippen molar-refractivity contribution in [3.05, 3.63) is 0 Å². The third-order valence-corrected chi connectivity index (χ3v) is 1.64. The van der Waals surface area contributed by atoms with Crippen LogP contribution in [0.25, 0.3) is 0 Å². The van der Waals surface area contributed by atoms with Gasteiger partial charge < -0.3 is 0 Å². The van der Waals surface area contributed by atoms with E-state index in [2.05, 4.69) is 0 Å². The lowest BCUT2D eigenvalue weighted by molar-refractivity contribution is -0.284. The zero-order valence-corrected chi connectivity index (χ0v) is 7.49. The van der Waals surface area contributed by atoms with Crippen molar-refractivity contribution < 1.29 is 22.0 Å². The van der Waals surface area contributed by atoms with Crippen LogP contribution < -0.4 is 0 Å². The van der Waals surface area contributed by atoms with Crippen LogP contribution in [0, 0.1) is 0 Å². The van der Waals surface area contributed by atoms with Gasteiger partial charge in [-0.15, -0.1) is 0 Å². The van der Waals surface area contributed by atoms with Gasteiger partial charge in [0, 0.05) is 0 Å². The van der Waals surface area contributed by atoms with Crippen LogP contribution in [0.4, 0.5) is 22.0 Å². The van der Waals surface area contributed by atoms with Crippen LogP contribution in [0.3, 0.4) is 0 Å². The van der Waals surface area contributed by atoms with E-state index in [1.807, 2.05) is 15.9 Å². The molecule has 0 aliphatic carbocycles. The largest absolute Gasteiger partial charge is 0.456 e. The Morgan fingerprint density at radius 3 is 1.36 bits per heavy atom. The first kappa shape index (κ1) is 11.4. The Balaban J connectivity index is 4.75. The van der Waals surface area contributed by atoms with Gasteiger partial charge in [0.2, 0.25) is 0 Å². The van der Waals surface area contributed by atoms with Gasteiger partial charge in [-0.1, -0.05) is 27.5 Å². The van der Waals surface area contributed by atoms with Crippen LogP contribution in [-0.4, -0.2) is 15.9 Å². The molecule has 0 N–H and O–H groups in total. The van der Waals surface area contributed by atoms with E-state index in [0.717, 1.165) is 0 Å². The van der Waals surface area contributed by atoms with E-state index in [-0.39, 0.29) is 0 Å². The summed E-state index contributed by atoms with van der Waals surface area (Å²) in [6.45, 7) is 0.530. The summed E-state index contributed by atoms with van der Waals surface area (Å²) in [5, 5.41) is 0. The highest BCUT2D eigenvalue weighted by Crippen LogP contribution is 2.49. The van der Waals surface area contributed by atoms with E-state index in [9.17, 15) is 22.0 Å². The number of alkyl halides is 7. The topological polar surface area (TPSA) is 0 Å². The summed E-state index contributed by atoms with van der Waals surface area (Å²) in [5.74, 6) is -4.94. The van der Waals surface area contributed by atoms with Gasteiger partial charge in [-0.05, 0) is 6.92 Å². The van der Waals surface area contributed by atoms with Crippen molar-refractivity contribution in [2.45, 2.75) is 22.8 Å². The fraction of sp³-hybridized carbons (Fsp3) is 1.00. The second-order valence-corrected chi connectivity index (χ2v) is 4.76. The second-order valence-electron chi connectivity index (χ2n) is 1.96. The molecule has 0 saturated heterocycles. The minimum absolute atomic E-state index is 0.530. The van der Waals surface area contributed by atoms with Crippen molar-refractivity contribution in [2.75, 3.05) is 0 Å². The molecule has 0 amide bonds. The highest BCUT2D eigenvalue weighted by molar-refractivity contribution is 9.10. The van der Waals surface area contributed by atoms with Gasteiger partial charge in [0.15, 0.2) is 3.78 Å². The third-order valence-electron chi connectivity index (χ3n) is 0.907. The highest BCUT2D eigenvalue weighted by atomic mass is 79.9. The standard InChI is InChI=1S/C4H3BrClF5/c1-2(5,6)3(7,8)4(9,10)11/h1H3. The number of halogens is 7. The molecule has 11 heavy (non-hydrogen) atoms. The predicted octanol–water partition coefficient (Wildman–Crippen LogP) is 3.53. The molecule has 0 saturated carbocycles. The van der Waals surface area contributed by atoms with Gasteiger partial charge in [-0.3, -0.25) is 0 Å². The molecular formula is C4H3BrClF5. The van der Waals surface area contributed by atoms with Crippen LogP contribution in [0.15, 0.2) is 0 Å². The normalized spacial score (nSPS) is 19.6. The van der Waals surface area contributed by atoms with Crippen LogP contribution in [0.2, 0.25) is 0 Å². The molecule has 0 rings (SSSR count). The Kier molecular flexibility index (Phi) is 2.83. The maximum atomic E-state index is 12.1. The maximum Gasteiger partial charge on any atom is 0.456 e. The fourth-order valence-corrected chi connectivity index (χ4v) is 0.581. The Morgan fingerprint density at radius 1 is 1.09 bits per heavy atom. The molecular weight excluding hydrogens is 258 g/mol. The van der Waals surface area contributed by atoms with Gasteiger partial charge in [0.1, 0.15) is 0 Å². The maximum absolute atomic E-state index is 12.1. The smallest absolute Gasteiger partial charge is 0.193 e. The first-order valence-corrected chi connectivity index (χ1v) is 3.49. The summed E-state index contributed by atoms with van der Waals surface area (Å²) in [6, 6.07) is 0. The minimum Gasteiger partial charge on any atom is -0.193 e. The Bertz CT molecular complexity index is 130. The molecule has 0 fully saturated rings. The van der Waals surface area contributed by atoms with Crippen molar-refractivity contribution in [3.63, 3.8) is 0 Å². The highest BCUT2D eigenvalue weighted by Gasteiger charge is 2.67. The average Bonchev–Trinajstić information content (AvgIpc) is 1.58. The fourth-order valence-electron chi connectivity index (χ4n) is 0.249. The molecule has 0 heterocycles. The van der Waals surface area contributed by atoms with Crippen LogP contribution >= 0.6 is 27.5 Å². The Hall–Kier alpha value is 0.420. The van der Waals surface area contributed by atoms with Crippen molar-refractivity contribution in [1.82, 2.24) is 0 Å². The SMILES string of the molecule is CC(Cl)(Br)C(F)(F)C(F)(F)F. The number of hydrogen-bond acceptors (Lipinski definition) is 0. The van der Waals surface area contributed by atoms with E-state index < -0.39 is 15.9 Å². The lowest BCUT2D eigenvalue weighted by Crippen LogP contribution is -2.48. The van der Waals surface area contributed by atoms with Gasteiger partial charge in [-0.25, -0.2) is 0 Å². The molecule has 0 aliphatic heterocycles. The van der Waals surface area contributed by atoms with Crippen molar-refractivity contribution in [3.8, 4) is 0 Å². The molecule has 1 atom stereocenters. The van der Waals surface area contributed by atoms with Gasteiger partial charge in [0.05, 0.1) is 0 Å². The quantitative estimate of drug-likeness (QED) is 0.500. The summed E-state index contributed by atoms with van der Waals surface area (Å²) in [4.78, 5) is 0.